The van der Waals surface area contributed by atoms with Gasteiger partial charge in [0.1, 0.15) is 0 Å². The van der Waals surface area contributed by atoms with Crippen LogP contribution in [0.3, 0.4) is 0 Å². The summed E-state index contributed by atoms with van der Waals surface area (Å²) in [7, 11) is 0. The predicted octanol–water partition coefficient (Wildman–Crippen LogP) is 1.43. The van der Waals surface area contributed by atoms with Crippen LogP contribution in [-0.2, 0) is 13.0 Å². The number of hydrogen-bond donors (Lipinski definition) is 1. The summed E-state index contributed by atoms with van der Waals surface area (Å²) < 4.78 is 2.05. The van der Waals surface area contributed by atoms with Crippen LogP contribution in [0.5, 0.6) is 0 Å². The van der Waals surface area contributed by atoms with Gasteiger partial charge in [0.15, 0.2) is 0 Å². The van der Waals surface area contributed by atoms with E-state index >= 15 is 0 Å². The SMILES string of the molecule is CC(C)Cn1nccc1CC(C)N. The minimum atomic E-state index is 0.211. The molecule has 74 valence electrons. The fourth-order valence-corrected chi connectivity index (χ4v) is 1.37. The van der Waals surface area contributed by atoms with Gasteiger partial charge < -0.3 is 5.73 Å². The number of nitrogens with two attached hydrogens (primary N) is 1. The maximum Gasteiger partial charge on any atom is 0.0492 e. The summed E-state index contributed by atoms with van der Waals surface area (Å²) in [5, 5.41) is 4.27. The Hall–Kier alpha value is -0.830. The summed E-state index contributed by atoms with van der Waals surface area (Å²) in [6.45, 7) is 7.39. The van der Waals surface area contributed by atoms with E-state index in [9.17, 15) is 0 Å². The van der Waals surface area contributed by atoms with Crippen LogP contribution in [0.25, 0.3) is 0 Å². The van der Waals surface area contributed by atoms with E-state index < -0.39 is 0 Å². The van der Waals surface area contributed by atoms with E-state index in [4.69, 9.17) is 5.73 Å². The van der Waals surface area contributed by atoms with E-state index in [-0.39, 0.29) is 6.04 Å². The molecule has 0 fully saturated rings. The normalized spacial score (nSPS) is 13.6. The molecule has 1 aromatic heterocycles. The molecule has 3 heteroatoms. The Morgan fingerprint density at radius 2 is 2.15 bits per heavy atom. The highest BCUT2D eigenvalue weighted by molar-refractivity contribution is 5.02. The zero-order chi connectivity index (χ0) is 9.84. The first kappa shape index (κ1) is 10.3. The second-order valence-corrected chi connectivity index (χ2v) is 4.08. The molecule has 1 rings (SSSR count). The van der Waals surface area contributed by atoms with Crippen molar-refractivity contribution in [2.75, 3.05) is 0 Å². The second-order valence-electron chi connectivity index (χ2n) is 4.08. The zero-order valence-electron chi connectivity index (χ0n) is 8.70. The van der Waals surface area contributed by atoms with Gasteiger partial charge in [-0.15, -0.1) is 0 Å². The van der Waals surface area contributed by atoms with Gasteiger partial charge >= 0.3 is 0 Å². The number of aromatic nitrogens is 2. The number of hydrogen-bond acceptors (Lipinski definition) is 2. The Bertz CT molecular complexity index is 226. The lowest BCUT2D eigenvalue weighted by molar-refractivity contribution is 0.463. The molecule has 13 heavy (non-hydrogen) atoms. The average Bonchev–Trinajstić information content (AvgIpc) is 2.34. The molecule has 0 spiro atoms. The highest BCUT2D eigenvalue weighted by Crippen LogP contribution is 2.05. The molecule has 1 heterocycles. The molecule has 2 N–H and O–H groups in total. The molecular weight excluding hydrogens is 162 g/mol. The lowest BCUT2D eigenvalue weighted by Crippen LogP contribution is -2.21. The molecule has 1 unspecified atom stereocenters. The first-order chi connectivity index (χ1) is 6.09. The van der Waals surface area contributed by atoms with Crippen LogP contribution in [0, 0.1) is 5.92 Å². The molecule has 1 aromatic rings. The fourth-order valence-electron chi connectivity index (χ4n) is 1.37. The molecule has 0 amide bonds. The van der Waals surface area contributed by atoms with Gasteiger partial charge in [0.05, 0.1) is 0 Å². The lowest BCUT2D eigenvalue weighted by Gasteiger charge is -2.11. The van der Waals surface area contributed by atoms with E-state index in [0.717, 1.165) is 13.0 Å². The maximum atomic E-state index is 5.74. The first-order valence-electron chi connectivity index (χ1n) is 4.86. The monoisotopic (exact) mass is 181 g/mol. The van der Waals surface area contributed by atoms with E-state index in [1.54, 1.807) is 0 Å². The Morgan fingerprint density at radius 3 is 2.69 bits per heavy atom. The summed E-state index contributed by atoms with van der Waals surface area (Å²) in [5.74, 6) is 0.631. The van der Waals surface area contributed by atoms with Crippen molar-refractivity contribution >= 4 is 0 Å². The van der Waals surface area contributed by atoms with Crippen LogP contribution in [0.15, 0.2) is 12.3 Å². The summed E-state index contributed by atoms with van der Waals surface area (Å²) >= 11 is 0. The third-order valence-corrected chi connectivity index (χ3v) is 1.87. The van der Waals surface area contributed by atoms with Gasteiger partial charge in [-0.1, -0.05) is 13.8 Å². The van der Waals surface area contributed by atoms with Crippen molar-refractivity contribution in [2.45, 2.75) is 39.8 Å². The largest absolute Gasteiger partial charge is 0.328 e. The number of nitrogens with zero attached hydrogens (tertiary/aromatic N) is 2. The van der Waals surface area contributed by atoms with Gasteiger partial charge in [-0.25, -0.2) is 0 Å². The molecule has 0 aliphatic carbocycles. The zero-order valence-corrected chi connectivity index (χ0v) is 8.70. The average molecular weight is 181 g/mol. The quantitative estimate of drug-likeness (QED) is 0.763. The van der Waals surface area contributed by atoms with E-state index in [1.165, 1.54) is 5.69 Å². The fraction of sp³-hybridized carbons (Fsp3) is 0.700. The Balaban J connectivity index is 2.65. The highest BCUT2D eigenvalue weighted by atomic mass is 15.3. The summed E-state index contributed by atoms with van der Waals surface area (Å²) in [4.78, 5) is 0. The molecule has 3 nitrogen and oxygen atoms in total. The third-order valence-electron chi connectivity index (χ3n) is 1.87. The Labute approximate surface area is 79.9 Å². The van der Waals surface area contributed by atoms with Crippen molar-refractivity contribution in [3.63, 3.8) is 0 Å². The van der Waals surface area contributed by atoms with E-state index in [2.05, 4.69) is 18.9 Å². The molecule has 1 atom stereocenters. The molecule has 0 saturated carbocycles. The van der Waals surface area contributed by atoms with Gasteiger partial charge in [0.2, 0.25) is 0 Å². The molecular formula is C10H19N3. The van der Waals surface area contributed by atoms with Crippen molar-refractivity contribution < 1.29 is 0 Å². The van der Waals surface area contributed by atoms with Gasteiger partial charge in [-0.3, -0.25) is 4.68 Å². The van der Waals surface area contributed by atoms with Crippen molar-refractivity contribution in [1.29, 1.82) is 0 Å². The van der Waals surface area contributed by atoms with Crippen molar-refractivity contribution in [2.24, 2.45) is 11.7 Å². The maximum absolute atomic E-state index is 5.74. The molecule has 0 radical (unpaired) electrons. The molecule has 0 aliphatic rings. The highest BCUT2D eigenvalue weighted by Gasteiger charge is 2.05. The van der Waals surface area contributed by atoms with Crippen LogP contribution >= 0.6 is 0 Å². The van der Waals surface area contributed by atoms with E-state index in [1.807, 2.05) is 23.9 Å². The predicted molar refractivity (Wildman–Crippen MR) is 54.4 cm³/mol. The topological polar surface area (TPSA) is 43.8 Å². The van der Waals surface area contributed by atoms with Crippen molar-refractivity contribution in [1.82, 2.24) is 9.78 Å². The smallest absolute Gasteiger partial charge is 0.0492 e. The van der Waals surface area contributed by atoms with Crippen LogP contribution in [0.2, 0.25) is 0 Å². The van der Waals surface area contributed by atoms with E-state index in [0.29, 0.717) is 5.92 Å². The lowest BCUT2D eigenvalue weighted by atomic mass is 10.2. The molecule has 0 aromatic carbocycles. The standard InChI is InChI=1S/C10H19N3/c1-8(2)7-13-10(4-5-12-13)6-9(3)11/h4-5,8-9H,6-7,11H2,1-3H3. The van der Waals surface area contributed by atoms with Gasteiger partial charge in [-0.2, -0.15) is 5.10 Å². The molecule has 0 bridgehead atoms. The van der Waals surface area contributed by atoms with Crippen LogP contribution in [0.4, 0.5) is 0 Å². The second kappa shape index (κ2) is 4.42. The van der Waals surface area contributed by atoms with Crippen molar-refractivity contribution in [3.05, 3.63) is 18.0 Å². The van der Waals surface area contributed by atoms with Gasteiger partial charge in [0.25, 0.3) is 0 Å². The van der Waals surface area contributed by atoms with Crippen LogP contribution in [-0.4, -0.2) is 15.8 Å². The molecule has 0 aliphatic heterocycles. The minimum Gasteiger partial charge on any atom is -0.328 e. The number of rotatable bonds is 4. The van der Waals surface area contributed by atoms with Crippen LogP contribution < -0.4 is 5.73 Å². The van der Waals surface area contributed by atoms with Gasteiger partial charge in [0, 0.05) is 30.9 Å². The first-order valence-corrected chi connectivity index (χ1v) is 4.86. The Kier molecular flexibility index (Phi) is 3.48. The summed E-state index contributed by atoms with van der Waals surface area (Å²) in [6, 6.07) is 2.26. The third kappa shape index (κ3) is 3.19. The minimum absolute atomic E-state index is 0.211. The molecule has 0 saturated heterocycles. The summed E-state index contributed by atoms with van der Waals surface area (Å²) in [6.07, 6.45) is 2.76. The summed E-state index contributed by atoms with van der Waals surface area (Å²) in [5.41, 5.74) is 6.98. The van der Waals surface area contributed by atoms with Gasteiger partial charge in [-0.05, 0) is 18.9 Å². The van der Waals surface area contributed by atoms with Crippen LogP contribution in [0.1, 0.15) is 26.5 Å². The Morgan fingerprint density at radius 1 is 1.46 bits per heavy atom. The van der Waals surface area contributed by atoms with Crippen molar-refractivity contribution in [3.8, 4) is 0 Å².